The van der Waals surface area contributed by atoms with E-state index in [1.54, 1.807) is 12.1 Å². The third-order valence-corrected chi connectivity index (χ3v) is 4.59. The number of methoxy groups -OCH3 is 1. The molecule has 6 heteroatoms. The summed E-state index contributed by atoms with van der Waals surface area (Å²) in [5, 5.41) is 0. The molecular weight excluding hydrogens is 300 g/mol. The summed E-state index contributed by atoms with van der Waals surface area (Å²) in [6.07, 6.45) is -0.721. The highest BCUT2D eigenvalue weighted by atomic mass is 16.7. The van der Waals surface area contributed by atoms with Crippen molar-refractivity contribution in [3.05, 3.63) is 35.9 Å². The molecule has 3 rings (SSSR count). The van der Waals surface area contributed by atoms with E-state index in [-0.39, 0.29) is 5.92 Å². The van der Waals surface area contributed by atoms with E-state index in [0.29, 0.717) is 0 Å². The normalized spacial score (nSPS) is 32.4. The highest BCUT2D eigenvalue weighted by Crippen LogP contribution is 2.54. The Bertz CT molecular complexity index is 652. The topological polar surface area (TPSA) is 78.9 Å². The van der Waals surface area contributed by atoms with Crippen LogP contribution >= 0.6 is 0 Å². The number of benzene rings is 1. The Morgan fingerprint density at radius 2 is 1.87 bits per heavy atom. The molecule has 0 bridgehead atoms. The van der Waals surface area contributed by atoms with E-state index in [9.17, 15) is 14.4 Å². The molecule has 1 aromatic carbocycles. The smallest absolute Gasteiger partial charge is 0.363 e. The second-order valence-electron chi connectivity index (χ2n) is 6.18. The molecule has 2 heterocycles. The van der Waals surface area contributed by atoms with Crippen LogP contribution in [0.25, 0.3) is 0 Å². The maximum Gasteiger partial charge on any atom is 0.363 e. The molecule has 6 nitrogen and oxygen atoms in total. The molecule has 0 aromatic heterocycles. The summed E-state index contributed by atoms with van der Waals surface area (Å²) in [5.74, 6) is -3.78. The minimum absolute atomic E-state index is 0.111. The molecule has 2 fully saturated rings. The average molecular weight is 318 g/mol. The van der Waals surface area contributed by atoms with Gasteiger partial charge < -0.3 is 14.2 Å². The first-order valence-electron chi connectivity index (χ1n) is 7.50. The van der Waals surface area contributed by atoms with Crippen LogP contribution in [0.4, 0.5) is 0 Å². The molecule has 0 unspecified atom stereocenters. The summed E-state index contributed by atoms with van der Waals surface area (Å²) in [4.78, 5) is 37.1. The van der Waals surface area contributed by atoms with Crippen LogP contribution in [0.3, 0.4) is 0 Å². The van der Waals surface area contributed by atoms with E-state index >= 15 is 0 Å². The number of carbonyl (C=O) groups is 3. The third-order valence-electron chi connectivity index (χ3n) is 4.59. The Hall–Kier alpha value is -2.37. The predicted octanol–water partition coefficient (Wildman–Crippen LogP) is 1.64. The largest absolute Gasteiger partial charge is 0.466 e. The molecule has 0 spiro atoms. The highest BCUT2D eigenvalue weighted by Gasteiger charge is 2.74. The minimum atomic E-state index is -2.00. The molecule has 0 saturated carbocycles. The lowest BCUT2D eigenvalue weighted by Gasteiger charge is -2.25. The molecular formula is C17H18O6. The van der Waals surface area contributed by atoms with Gasteiger partial charge in [0.1, 0.15) is 6.10 Å². The van der Waals surface area contributed by atoms with Gasteiger partial charge in [-0.1, -0.05) is 44.2 Å². The van der Waals surface area contributed by atoms with Crippen LogP contribution in [0.2, 0.25) is 0 Å². The molecule has 2 aliphatic rings. The molecule has 0 aliphatic carbocycles. The quantitative estimate of drug-likeness (QED) is 0.479. The van der Waals surface area contributed by atoms with Crippen molar-refractivity contribution in [2.24, 2.45) is 17.8 Å². The van der Waals surface area contributed by atoms with Crippen molar-refractivity contribution in [2.75, 3.05) is 7.11 Å². The minimum Gasteiger partial charge on any atom is -0.466 e. The third kappa shape index (κ3) is 2.04. The summed E-state index contributed by atoms with van der Waals surface area (Å²) < 4.78 is 15.5. The van der Waals surface area contributed by atoms with Gasteiger partial charge in [0.25, 0.3) is 0 Å². The van der Waals surface area contributed by atoms with Crippen molar-refractivity contribution in [1.82, 2.24) is 0 Å². The van der Waals surface area contributed by atoms with Gasteiger partial charge in [-0.2, -0.15) is 0 Å². The molecule has 1 aromatic rings. The van der Waals surface area contributed by atoms with Gasteiger partial charge in [0, 0.05) is 0 Å². The van der Waals surface area contributed by atoms with Gasteiger partial charge in [-0.3, -0.25) is 4.79 Å². The van der Waals surface area contributed by atoms with Crippen LogP contribution in [-0.2, 0) is 28.6 Å². The van der Waals surface area contributed by atoms with E-state index in [2.05, 4.69) is 0 Å². The fourth-order valence-electron chi connectivity index (χ4n) is 3.57. The van der Waals surface area contributed by atoms with E-state index in [1.807, 2.05) is 32.0 Å². The molecule has 23 heavy (non-hydrogen) atoms. The number of ether oxygens (including phenoxy) is 3. The molecule has 0 N–H and O–H groups in total. The summed E-state index contributed by atoms with van der Waals surface area (Å²) in [6, 6.07) is 9.05. The van der Waals surface area contributed by atoms with Crippen molar-refractivity contribution in [3.8, 4) is 0 Å². The van der Waals surface area contributed by atoms with Crippen molar-refractivity contribution in [1.29, 1.82) is 0 Å². The van der Waals surface area contributed by atoms with E-state index in [0.717, 1.165) is 12.7 Å². The number of fused-ring (bicyclic) bond motifs is 1. The van der Waals surface area contributed by atoms with Crippen LogP contribution in [0.15, 0.2) is 30.3 Å². The number of carbonyl (C=O) groups excluding carboxylic acids is 3. The summed E-state index contributed by atoms with van der Waals surface area (Å²) in [7, 11) is 1.16. The summed E-state index contributed by atoms with van der Waals surface area (Å²) in [6.45, 7) is 3.70. The van der Waals surface area contributed by atoms with Crippen molar-refractivity contribution in [2.45, 2.75) is 25.6 Å². The van der Waals surface area contributed by atoms with Gasteiger partial charge in [-0.15, -0.1) is 0 Å². The Labute approximate surface area is 133 Å². The summed E-state index contributed by atoms with van der Waals surface area (Å²) >= 11 is 0. The molecule has 4 atom stereocenters. The lowest BCUT2D eigenvalue weighted by atomic mass is 9.73. The molecule has 0 amide bonds. The van der Waals surface area contributed by atoms with Crippen molar-refractivity contribution < 1.29 is 28.6 Å². The van der Waals surface area contributed by atoms with Crippen LogP contribution in [0.1, 0.15) is 25.5 Å². The number of hydrogen-bond acceptors (Lipinski definition) is 6. The standard InChI is InChI=1S/C17H18O6/c1-9(2)11-12-13(10-7-5-4-6-8-10)22-16(20)17(12,15(19)21-3)23-14(11)18/h4-9,11-13H,1-3H3/t11-,12+,13+,17-/m0/s1. The Morgan fingerprint density at radius 1 is 1.22 bits per heavy atom. The number of cyclic esters (lactones) is 1. The van der Waals surface area contributed by atoms with E-state index < -0.39 is 41.4 Å². The van der Waals surface area contributed by atoms with Crippen LogP contribution in [-0.4, -0.2) is 30.6 Å². The lowest BCUT2D eigenvalue weighted by molar-refractivity contribution is -0.182. The average Bonchev–Trinajstić information content (AvgIpc) is 3.00. The number of rotatable bonds is 3. The van der Waals surface area contributed by atoms with Gasteiger partial charge >= 0.3 is 23.5 Å². The fourth-order valence-corrected chi connectivity index (χ4v) is 3.57. The monoisotopic (exact) mass is 318 g/mol. The van der Waals surface area contributed by atoms with Gasteiger partial charge in [-0.05, 0) is 11.5 Å². The first kappa shape index (κ1) is 15.5. The number of hydrogen-bond donors (Lipinski definition) is 0. The van der Waals surface area contributed by atoms with Crippen molar-refractivity contribution in [3.63, 3.8) is 0 Å². The van der Waals surface area contributed by atoms with Crippen molar-refractivity contribution >= 4 is 17.9 Å². The summed E-state index contributed by atoms with van der Waals surface area (Å²) in [5.41, 5.74) is -1.28. The van der Waals surface area contributed by atoms with Crippen LogP contribution in [0, 0.1) is 17.8 Å². The fraction of sp³-hybridized carbons (Fsp3) is 0.471. The molecule has 2 aliphatic heterocycles. The maximum atomic E-state index is 12.5. The van der Waals surface area contributed by atoms with Gasteiger partial charge in [0.15, 0.2) is 0 Å². The first-order valence-corrected chi connectivity index (χ1v) is 7.50. The molecule has 0 radical (unpaired) electrons. The second kappa shape index (κ2) is 5.37. The zero-order valence-corrected chi connectivity index (χ0v) is 13.1. The predicted molar refractivity (Wildman–Crippen MR) is 77.9 cm³/mol. The van der Waals surface area contributed by atoms with Crippen LogP contribution in [0.5, 0.6) is 0 Å². The van der Waals surface area contributed by atoms with Crippen LogP contribution < -0.4 is 0 Å². The van der Waals surface area contributed by atoms with Gasteiger partial charge in [-0.25, -0.2) is 9.59 Å². The van der Waals surface area contributed by atoms with E-state index in [1.165, 1.54) is 0 Å². The zero-order chi connectivity index (χ0) is 16.8. The zero-order valence-electron chi connectivity index (χ0n) is 13.1. The SMILES string of the molecule is COC(=O)[C@@]12OC(=O)[C@@H](C(C)C)[C@@H]1[C@@H](c1ccccc1)OC2=O. The van der Waals surface area contributed by atoms with Gasteiger partial charge in [0.2, 0.25) is 0 Å². The Kier molecular flexibility index (Phi) is 3.62. The Morgan fingerprint density at radius 3 is 2.43 bits per heavy atom. The highest BCUT2D eigenvalue weighted by molar-refractivity contribution is 6.09. The lowest BCUT2D eigenvalue weighted by Crippen LogP contribution is -2.49. The van der Waals surface area contributed by atoms with E-state index in [4.69, 9.17) is 14.2 Å². The molecule has 2 saturated heterocycles. The maximum absolute atomic E-state index is 12.5. The van der Waals surface area contributed by atoms with Gasteiger partial charge in [0.05, 0.1) is 18.9 Å². The number of esters is 3. The Balaban J connectivity index is 2.14. The molecule has 122 valence electrons. The first-order chi connectivity index (χ1) is 10.9. The second-order valence-corrected chi connectivity index (χ2v) is 6.18.